The van der Waals surface area contributed by atoms with Crippen molar-refractivity contribution in [1.82, 2.24) is 15.1 Å². The first-order chi connectivity index (χ1) is 10.9. The number of hydrogen-bond donors (Lipinski definition) is 1. The lowest BCUT2D eigenvalue weighted by Crippen LogP contribution is -2.18. The van der Waals surface area contributed by atoms with Crippen LogP contribution in [0.25, 0.3) is 11.1 Å². The van der Waals surface area contributed by atoms with E-state index in [2.05, 4.69) is 32.6 Å². The van der Waals surface area contributed by atoms with Crippen LogP contribution in [0.2, 0.25) is 0 Å². The second-order valence-corrected chi connectivity index (χ2v) is 5.40. The minimum absolute atomic E-state index is 0.133. The van der Waals surface area contributed by atoms with Gasteiger partial charge >= 0.3 is 0 Å². The van der Waals surface area contributed by atoms with Gasteiger partial charge in [-0.15, -0.1) is 0 Å². The molecule has 0 aliphatic carbocycles. The zero-order valence-corrected chi connectivity index (χ0v) is 12.0. The molecule has 0 bridgehead atoms. The van der Waals surface area contributed by atoms with Gasteiger partial charge in [0.2, 0.25) is 0 Å². The summed E-state index contributed by atoms with van der Waals surface area (Å²) in [6.07, 6.45) is 4.28. The predicted molar refractivity (Wildman–Crippen MR) is 81.3 cm³/mol. The maximum atomic E-state index is 5.91. The molecule has 0 unspecified atom stereocenters. The van der Waals surface area contributed by atoms with Gasteiger partial charge in [-0.3, -0.25) is 0 Å². The normalized spacial score (nSPS) is 21.3. The van der Waals surface area contributed by atoms with Crippen LogP contribution >= 0.6 is 0 Å². The molecule has 4 rings (SSSR count). The highest BCUT2D eigenvalue weighted by Gasteiger charge is 2.29. The van der Waals surface area contributed by atoms with E-state index in [-0.39, 0.29) is 6.10 Å². The summed E-state index contributed by atoms with van der Waals surface area (Å²) in [4.78, 5) is 8.31. The van der Waals surface area contributed by atoms with Crippen LogP contribution in [0.3, 0.4) is 0 Å². The van der Waals surface area contributed by atoms with Gasteiger partial charge in [0.25, 0.3) is 5.71 Å². The van der Waals surface area contributed by atoms with Crippen molar-refractivity contribution < 1.29 is 9.26 Å². The molecule has 1 saturated heterocycles. The molecule has 6 nitrogen and oxygen atoms in total. The lowest BCUT2D eigenvalue weighted by atomic mass is 9.95. The number of aromatic nitrogens is 3. The maximum Gasteiger partial charge on any atom is 0.262 e. The minimum Gasteiger partial charge on any atom is -0.373 e. The highest BCUT2D eigenvalue weighted by atomic mass is 16.5. The summed E-state index contributed by atoms with van der Waals surface area (Å²) in [5.41, 5.74) is 1.73. The van der Waals surface area contributed by atoms with Crippen LogP contribution in [0.15, 0.2) is 47.4 Å². The summed E-state index contributed by atoms with van der Waals surface area (Å²) in [6.45, 7) is 1.58. The molecular formula is C16H16N4O2. The van der Waals surface area contributed by atoms with Crippen LogP contribution in [0.1, 0.15) is 18.1 Å². The van der Waals surface area contributed by atoms with Crippen LogP contribution in [0.4, 0.5) is 5.82 Å². The Hall–Kier alpha value is -2.47. The molecule has 1 aliphatic rings. The second-order valence-electron chi connectivity index (χ2n) is 5.40. The Morgan fingerprint density at radius 2 is 2.09 bits per heavy atom. The van der Waals surface area contributed by atoms with Crippen molar-refractivity contribution in [2.24, 2.45) is 5.92 Å². The number of hydrogen-bond acceptors (Lipinski definition) is 6. The summed E-state index contributed by atoms with van der Waals surface area (Å²) in [7, 11) is 0. The Labute approximate surface area is 127 Å². The van der Waals surface area contributed by atoms with Crippen molar-refractivity contribution in [1.29, 1.82) is 0 Å². The maximum absolute atomic E-state index is 5.91. The zero-order valence-electron chi connectivity index (χ0n) is 12.0. The van der Waals surface area contributed by atoms with E-state index in [1.54, 1.807) is 6.20 Å². The largest absolute Gasteiger partial charge is 0.373 e. The fourth-order valence-corrected chi connectivity index (χ4v) is 2.92. The van der Waals surface area contributed by atoms with Crippen LogP contribution in [0, 0.1) is 5.92 Å². The first-order valence-corrected chi connectivity index (χ1v) is 7.37. The van der Waals surface area contributed by atoms with E-state index in [1.165, 1.54) is 11.9 Å². The zero-order chi connectivity index (χ0) is 14.8. The Balaban J connectivity index is 1.50. The Morgan fingerprint density at radius 3 is 3.00 bits per heavy atom. The smallest absolute Gasteiger partial charge is 0.262 e. The first kappa shape index (κ1) is 13.2. The van der Waals surface area contributed by atoms with E-state index < -0.39 is 0 Å². The Bertz CT molecular complexity index is 759. The van der Waals surface area contributed by atoms with E-state index in [0.29, 0.717) is 11.6 Å². The number of fused-ring (bicyclic) bond motifs is 1. The standard InChI is InChI=1S/C16H16N4O2/c1-2-4-11(5-3-1)14-12(6-7-21-14)8-17-15-13-9-20-22-16(13)19-10-18-15/h1-5,9-10,12,14H,6-8H2,(H,17,18,19)/t12-,14+/m0/s1. The molecule has 2 aromatic heterocycles. The van der Waals surface area contributed by atoms with Crippen molar-refractivity contribution in [3.63, 3.8) is 0 Å². The van der Waals surface area contributed by atoms with E-state index in [0.717, 1.165) is 30.8 Å². The monoisotopic (exact) mass is 296 g/mol. The van der Waals surface area contributed by atoms with E-state index >= 15 is 0 Å². The molecule has 0 radical (unpaired) electrons. The SMILES string of the molecule is c1ccc([C@H]2OCC[C@H]2CNc2ncnc3oncc23)cc1. The quantitative estimate of drug-likeness (QED) is 0.798. The minimum atomic E-state index is 0.133. The average Bonchev–Trinajstić information content (AvgIpc) is 3.23. The molecule has 1 fully saturated rings. The average molecular weight is 296 g/mol. The van der Waals surface area contributed by atoms with Gasteiger partial charge in [-0.2, -0.15) is 4.98 Å². The van der Waals surface area contributed by atoms with Crippen LogP contribution in [-0.4, -0.2) is 28.3 Å². The lowest BCUT2D eigenvalue weighted by Gasteiger charge is -2.19. The third kappa shape index (κ3) is 2.42. The molecule has 112 valence electrons. The third-order valence-corrected chi connectivity index (χ3v) is 4.04. The topological polar surface area (TPSA) is 73.1 Å². The Kier molecular flexibility index (Phi) is 3.44. The molecule has 1 aromatic carbocycles. The highest BCUT2D eigenvalue weighted by Crippen LogP contribution is 2.34. The summed E-state index contributed by atoms with van der Waals surface area (Å²) >= 11 is 0. The highest BCUT2D eigenvalue weighted by molar-refractivity contribution is 5.84. The predicted octanol–water partition coefficient (Wildman–Crippen LogP) is 2.81. The molecule has 2 atom stereocenters. The molecule has 3 aromatic rings. The van der Waals surface area contributed by atoms with Gasteiger partial charge in [0, 0.05) is 19.1 Å². The van der Waals surface area contributed by atoms with Gasteiger partial charge in [0.05, 0.1) is 12.3 Å². The molecule has 1 aliphatic heterocycles. The number of ether oxygens (including phenoxy) is 1. The van der Waals surface area contributed by atoms with Crippen molar-refractivity contribution in [2.75, 3.05) is 18.5 Å². The van der Waals surface area contributed by atoms with Crippen molar-refractivity contribution in [3.05, 3.63) is 48.4 Å². The van der Waals surface area contributed by atoms with Crippen LogP contribution in [-0.2, 0) is 4.74 Å². The summed E-state index contributed by atoms with van der Waals surface area (Å²) < 4.78 is 11.0. The molecule has 1 N–H and O–H groups in total. The van der Waals surface area contributed by atoms with Gasteiger partial charge in [-0.05, 0) is 12.0 Å². The number of nitrogens with one attached hydrogen (secondary N) is 1. The molecule has 6 heteroatoms. The van der Waals surface area contributed by atoms with Gasteiger partial charge in [-0.25, -0.2) is 4.98 Å². The molecule has 0 saturated carbocycles. The lowest BCUT2D eigenvalue weighted by molar-refractivity contribution is 0.0933. The van der Waals surface area contributed by atoms with Gasteiger partial charge in [0.15, 0.2) is 0 Å². The van der Waals surface area contributed by atoms with E-state index in [4.69, 9.17) is 9.26 Å². The van der Waals surface area contributed by atoms with Crippen molar-refractivity contribution in [2.45, 2.75) is 12.5 Å². The molecule has 0 amide bonds. The summed E-state index contributed by atoms with van der Waals surface area (Å²) in [6, 6.07) is 10.4. The molecular weight excluding hydrogens is 280 g/mol. The molecule has 0 spiro atoms. The molecule has 3 heterocycles. The fraction of sp³-hybridized carbons (Fsp3) is 0.312. The third-order valence-electron chi connectivity index (χ3n) is 4.04. The molecule has 22 heavy (non-hydrogen) atoms. The van der Waals surface area contributed by atoms with Crippen molar-refractivity contribution in [3.8, 4) is 0 Å². The van der Waals surface area contributed by atoms with E-state index in [1.807, 2.05) is 18.2 Å². The number of nitrogens with zero attached hydrogens (tertiary/aromatic N) is 3. The summed E-state index contributed by atoms with van der Waals surface area (Å²) in [5, 5.41) is 7.95. The number of anilines is 1. The first-order valence-electron chi connectivity index (χ1n) is 7.37. The number of rotatable bonds is 4. The van der Waals surface area contributed by atoms with Gasteiger partial charge < -0.3 is 14.6 Å². The van der Waals surface area contributed by atoms with Crippen molar-refractivity contribution >= 4 is 16.9 Å². The summed E-state index contributed by atoms with van der Waals surface area (Å²) in [5.74, 6) is 1.16. The van der Waals surface area contributed by atoms with Gasteiger partial charge in [-0.1, -0.05) is 35.5 Å². The second kappa shape index (κ2) is 5.73. The fourth-order valence-electron chi connectivity index (χ4n) is 2.92. The van der Waals surface area contributed by atoms with Crippen LogP contribution < -0.4 is 5.32 Å². The Morgan fingerprint density at radius 1 is 1.18 bits per heavy atom. The number of benzene rings is 1. The van der Waals surface area contributed by atoms with Gasteiger partial charge in [0.1, 0.15) is 17.5 Å². The van der Waals surface area contributed by atoms with Crippen LogP contribution in [0.5, 0.6) is 0 Å². The van der Waals surface area contributed by atoms with E-state index in [9.17, 15) is 0 Å².